The molecular weight excluding hydrogens is 448 g/mol. The van der Waals surface area contributed by atoms with Crippen LogP contribution in [0.4, 0.5) is 23.4 Å². The predicted octanol–water partition coefficient (Wildman–Crippen LogP) is 5.25. The monoisotopic (exact) mass is 470 g/mol. The summed E-state index contributed by atoms with van der Waals surface area (Å²) in [6.45, 7) is 1.43. The van der Waals surface area contributed by atoms with E-state index in [-0.39, 0.29) is 17.2 Å². The summed E-state index contributed by atoms with van der Waals surface area (Å²) in [7, 11) is 0. The summed E-state index contributed by atoms with van der Waals surface area (Å²) in [5.41, 5.74) is 0.955. The number of aromatic nitrogens is 2. The van der Waals surface area contributed by atoms with Gasteiger partial charge in [0, 0.05) is 19.6 Å². The standard InChI is InChI=1S/C25H22F4N4O/c26-20-6-7-21(25(27,28)29)19(15-20)14-17-10-12-33(13-11-17)23-9-8-22(31-32-23)24(34)30-16-18-4-2-1-3-5-18/h1-9,14-15H,10-13,16H2,(H,30,34). The number of carbonyl (C=O) groups is 1. The SMILES string of the molecule is O=C(NCc1ccccc1)c1ccc(N2CCC(=Cc3cc(F)ccc3C(F)(F)F)CC2)nn1. The number of anilines is 1. The van der Waals surface area contributed by atoms with Gasteiger partial charge in [0.2, 0.25) is 0 Å². The van der Waals surface area contributed by atoms with E-state index in [0.717, 1.165) is 29.3 Å². The lowest BCUT2D eigenvalue weighted by Gasteiger charge is -2.29. The molecule has 0 unspecified atom stereocenters. The molecule has 176 valence electrons. The summed E-state index contributed by atoms with van der Waals surface area (Å²) >= 11 is 0. The Kier molecular flexibility index (Phi) is 6.90. The first-order valence-electron chi connectivity index (χ1n) is 10.8. The van der Waals surface area contributed by atoms with Gasteiger partial charge < -0.3 is 10.2 Å². The molecule has 1 saturated heterocycles. The van der Waals surface area contributed by atoms with E-state index in [4.69, 9.17) is 0 Å². The van der Waals surface area contributed by atoms with Crippen LogP contribution >= 0.6 is 0 Å². The Hall–Kier alpha value is -3.75. The number of benzene rings is 2. The minimum absolute atomic E-state index is 0.165. The van der Waals surface area contributed by atoms with E-state index >= 15 is 0 Å². The lowest BCUT2D eigenvalue weighted by Crippen LogP contribution is -2.32. The first-order chi connectivity index (χ1) is 16.3. The van der Waals surface area contributed by atoms with Crippen LogP contribution in [0.25, 0.3) is 6.08 Å². The average Bonchev–Trinajstić information content (AvgIpc) is 2.83. The number of piperidine rings is 1. The summed E-state index contributed by atoms with van der Waals surface area (Å²) in [5, 5.41) is 11.0. The first-order valence-corrected chi connectivity index (χ1v) is 10.8. The lowest BCUT2D eigenvalue weighted by molar-refractivity contribution is -0.137. The molecule has 0 atom stereocenters. The highest BCUT2D eigenvalue weighted by molar-refractivity contribution is 5.92. The van der Waals surface area contributed by atoms with E-state index < -0.39 is 17.6 Å². The molecule has 2 aromatic carbocycles. The van der Waals surface area contributed by atoms with Gasteiger partial charge in [0.05, 0.1) is 5.56 Å². The van der Waals surface area contributed by atoms with Crippen LogP contribution in [-0.4, -0.2) is 29.2 Å². The predicted molar refractivity (Wildman–Crippen MR) is 120 cm³/mol. The van der Waals surface area contributed by atoms with Gasteiger partial charge in [-0.25, -0.2) is 4.39 Å². The fourth-order valence-electron chi connectivity index (χ4n) is 3.78. The van der Waals surface area contributed by atoms with Crippen molar-refractivity contribution in [2.24, 2.45) is 0 Å². The van der Waals surface area contributed by atoms with Crippen LogP contribution in [0.1, 0.15) is 40.0 Å². The maximum Gasteiger partial charge on any atom is 0.416 e. The third-order valence-corrected chi connectivity index (χ3v) is 5.59. The average molecular weight is 470 g/mol. The zero-order chi connectivity index (χ0) is 24.1. The molecule has 1 amide bonds. The molecule has 0 saturated carbocycles. The number of hydrogen-bond donors (Lipinski definition) is 1. The topological polar surface area (TPSA) is 58.1 Å². The fraction of sp³-hybridized carbons (Fsp3) is 0.240. The zero-order valence-corrected chi connectivity index (χ0v) is 18.1. The first kappa shape index (κ1) is 23.4. The molecule has 1 aromatic heterocycles. The maximum absolute atomic E-state index is 13.5. The van der Waals surface area contributed by atoms with E-state index in [1.54, 1.807) is 12.1 Å². The maximum atomic E-state index is 13.5. The Morgan fingerprint density at radius 2 is 1.74 bits per heavy atom. The van der Waals surface area contributed by atoms with Gasteiger partial charge in [-0.2, -0.15) is 13.2 Å². The van der Waals surface area contributed by atoms with Gasteiger partial charge in [0.25, 0.3) is 5.91 Å². The zero-order valence-electron chi connectivity index (χ0n) is 18.1. The van der Waals surface area contributed by atoms with Gasteiger partial charge >= 0.3 is 6.18 Å². The Morgan fingerprint density at radius 3 is 2.38 bits per heavy atom. The van der Waals surface area contributed by atoms with Crippen LogP contribution in [0.3, 0.4) is 0 Å². The molecule has 0 radical (unpaired) electrons. The molecule has 1 N–H and O–H groups in total. The number of alkyl halides is 3. The van der Waals surface area contributed by atoms with Crippen LogP contribution in [-0.2, 0) is 12.7 Å². The number of halogens is 4. The van der Waals surface area contributed by atoms with Crippen LogP contribution in [0.15, 0.2) is 66.2 Å². The summed E-state index contributed by atoms with van der Waals surface area (Å²) < 4.78 is 53.3. The van der Waals surface area contributed by atoms with Gasteiger partial charge in [-0.15, -0.1) is 10.2 Å². The Bertz CT molecular complexity index is 1170. The highest BCUT2D eigenvalue weighted by atomic mass is 19.4. The molecule has 3 aromatic rings. The molecule has 0 aliphatic carbocycles. The van der Waals surface area contributed by atoms with Crippen molar-refractivity contribution >= 4 is 17.8 Å². The number of nitrogens with one attached hydrogen (secondary N) is 1. The second kappa shape index (κ2) is 10.0. The van der Waals surface area contributed by atoms with Crippen LogP contribution < -0.4 is 10.2 Å². The molecule has 5 nitrogen and oxygen atoms in total. The van der Waals surface area contributed by atoms with Gasteiger partial charge in [-0.1, -0.05) is 42.0 Å². The molecule has 2 heterocycles. The van der Waals surface area contributed by atoms with Crippen molar-refractivity contribution in [2.75, 3.05) is 18.0 Å². The van der Waals surface area contributed by atoms with Crippen molar-refractivity contribution in [1.82, 2.24) is 15.5 Å². The molecule has 1 aliphatic heterocycles. The van der Waals surface area contributed by atoms with Gasteiger partial charge in [0.1, 0.15) is 5.82 Å². The van der Waals surface area contributed by atoms with Crippen molar-refractivity contribution < 1.29 is 22.4 Å². The second-order valence-corrected chi connectivity index (χ2v) is 7.96. The molecule has 4 rings (SSSR count). The van der Waals surface area contributed by atoms with E-state index in [9.17, 15) is 22.4 Å². The molecule has 1 aliphatic rings. The molecule has 9 heteroatoms. The Labute approximate surface area is 194 Å². The van der Waals surface area contributed by atoms with E-state index in [1.165, 1.54) is 6.08 Å². The van der Waals surface area contributed by atoms with Crippen molar-refractivity contribution in [3.8, 4) is 0 Å². The number of rotatable bonds is 5. The highest BCUT2D eigenvalue weighted by Gasteiger charge is 2.33. The molecule has 0 bridgehead atoms. The minimum Gasteiger partial charge on any atom is -0.354 e. The molecule has 1 fully saturated rings. The van der Waals surface area contributed by atoms with E-state index in [2.05, 4.69) is 15.5 Å². The van der Waals surface area contributed by atoms with Crippen LogP contribution in [0, 0.1) is 5.82 Å². The molecule has 0 spiro atoms. The Balaban J connectivity index is 1.36. The van der Waals surface area contributed by atoms with Gasteiger partial charge in [0.15, 0.2) is 11.5 Å². The summed E-state index contributed by atoms with van der Waals surface area (Å²) in [6, 6.07) is 15.3. The van der Waals surface area contributed by atoms with Crippen molar-refractivity contribution in [2.45, 2.75) is 25.6 Å². The Morgan fingerprint density at radius 1 is 1.00 bits per heavy atom. The number of hydrogen-bond acceptors (Lipinski definition) is 4. The second-order valence-electron chi connectivity index (χ2n) is 7.96. The minimum atomic E-state index is -4.55. The lowest BCUT2D eigenvalue weighted by atomic mass is 9.98. The highest BCUT2D eigenvalue weighted by Crippen LogP contribution is 2.34. The van der Waals surface area contributed by atoms with Crippen molar-refractivity contribution in [3.05, 3.63) is 94.4 Å². The summed E-state index contributed by atoms with van der Waals surface area (Å²) in [5.74, 6) is -0.455. The largest absolute Gasteiger partial charge is 0.416 e. The van der Waals surface area contributed by atoms with E-state index in [1.807, 2.05) is 35.2 Å². The number of carbonyl (C=O) groups excluding carboxylic acids is 1. The van der Waals surface area contributed by atoms with Gasteiger partial charge in [-0.3, -0.25) is 4.79 Å². The van der Waals surface area contributed by atoms with Gasteiger partial charge in [-0.05, 0) is 54.3 Å². The van der Waals surface area contributed by atoms with Crippen LogP contribution in [0.5, 0.6) is 0 Å². The summed E-state index contributed by atoms with van der Waals surface area (Å²) in [6.07, 6.45) is -2.11. The number of amides is 1. The fourth-order valence-corrected chi connectivity index (χ4v) is 3.78. The summed E-state index contributed by atoms with van der Waals surface area (Å²) in [4.78, 5) is 14.3. The normalized spacial score (nSPS) is 14.1. The van der Waals surface area contributed by atoms with Crippen molar-refractivity contribution in [1.29, 1.82) is 0 Å². The molecule has 34 heavy (non-hydrogen) atoms. The van der Waals surface area contributed by atoms with Crippen molar-refractivity contribution in [3.63, 3.8) is 0 Å². The third kappa shape index (κ3) is 5.78. The quantitative estimate of drug-likeness (QED) is 0.518. The molecular formula is C25H22F4N4O. The van der Waals surface area contributed by atoms with E-state index in [0.29, 0.717) is 38.3 Å². The third-order valence-electron chi connectivity index (χ3n) is 5.59. The van der Waals surface area contributed by atoms with Crippen LogP contribution in [0.2, 0.25) is 0 Å². The smallest absolute Gasteiger partial charge is 0.354 e. The number of nitrogens with zero attached hydrogens (tertiary/aromatic N) is 3.